The maximum atomic E-state index is 9.44. The Labute approximate surface area is 93.0 Å². The van der Waals surface area contributed by atoms with Gasteiger partial charge in [0.15, 0.2) is 0 Å². The van der Waals surface area contributed by atoms with Crippen LogP contribution in [0, 0.1) is 3.57 Å². The van der Waals surface area contributed by atoms with Gasteiger partial charge in [-0.25, -0.2) is 0 Å². The minimum Gasteiger partial charge on any atom is -0.506 e. The average Bonchev–Trinajstić information content (AvgIpc) is 2.50. The van der Waals surface area contributed by atoms with Gasteiger partial charge in [-0.2, -0.15) is 0 Å². The zero-order valence-electron chi connectivity index (χ0n) is 6.62. The smallest absolute Gasteiger partial charge is 0.134 e. The van der Waals surface area contributed by atoms with Crippen molar-refractivity contribution in [2.45, 2.75) is 6.61 Å². The number of aliphatic hydroxyl groups is 1. The molecule has 1 aromatic carbocycles. The lowest BCUT2D eigenvalue weighted by atomic mass is 10.2. The zero-order valence-corrected chi connectivity index (χ0v) is 9.59. The van der Waals surface area contributed by atoms with Gasteiger partial charge in [-0.05, 0) is 34.2 Å². The van der Waals surface area contributed by atoms with Crippen LogP contribution in [-0.2, 0) is 6.61 Å². The molecular weight excluding hydrogens is 299 g/mol. The third-order valence-electron chi connectivity index (χ3n) is 1.91. The molecule has 0 spiro atoms. The van der Waals surface area contributed by atoms with Gasteiger partial charge in [0, 0.05) is 14.3 Å². The van der Waals surface area contributed by atoms with Gasteiger partial charge < -0.3 is 10.2 Å². The topological polar surface area (TPSA) is 40.5 Å². The molecule has 0 aliphatic rings. The minimum absolute atomic E-state index is 0.0485. The van der Waals surface area contributed by atoms with E-state index in [1.807, 2.05) is 12.1 Å². The first-order valence-electron chi connectivity index (χ1n) is 3.72. The molecule has 0 aliphatic heterocycles. The fourth-order valence-electron chi connectivity index (χ4n) is 1.21. The fourth-order valence-corrected chi connectivity index (χ4v) is 3.13. The summed E-state index contributed by atoms with van der Waals surface area (Å²) >= 11 is 3.69. The molecule has 2 N–H and O–H groups in total. The summed E-state index contributed by atoms with van der Waals surface area (Å²) in [5, 5.41) is 21.0. The second kappa shape index (κ2) is 3.43. The van der Waals surface area contributed by atoms with E-state index in [2.05, 4.69) is 22.6 Å². The van der Waals surface area contributed by atoms with E-state index in [1.165, 1.54) is 11.3 Å². The number of thiophene rings is 1. The first-order valence-corrected chi connectivity index (χ1v) is 5.68. The molecule has 2 rings (SSSR count). The molecule has 0 unspecified atom stereocenters. The first kappa shape index (κ1) is 9.23. The lowest BCUT2D eigenvalue weighted by molar-refractivity contribution is 0.281. The predicted octanol–water partition coefficient (Wildman–Crippen LogP) is 2.70. The van der Waals surface area contributed by atoms with E-state index < -0.39 is 0 Å². The molecule has 13 heavy (non-hydrogen) atoms. The fraction of sp³-hybridized carbons (Fsp3) is 0.111. The molecule has 1 aromatic heterocycles. The number of benzene rings is 1. The van der Waals surface area contributed by atoms with E-state index in [0.29, 0.717) is 5.75 Å². The summed E-state index contributed by atoms with van der Waals surface area (Å²) in [7, 11) is 0. The Balaban J connectivity index is 2.80. The third kappa shape index (κ3) is 1.43. The van der Waals surface area contributed by atoms with Crippen LogP contribution >= 0.6 is 33.9 Å². The molecule has 0 amide bonds. The average molecular weight is 306 g/mol. The number of hydrogen-bond donors (Lipinski definition) is 2. The van der Waals surface area contributed by atoms with E-state index in [0.717, 1.165) is 19.2 Å². The summed E-state index contributed by atoms with van der Waals surface area (Å²) in [5.41, 5.74) is 0.912. The Morgan fingerprint density at radius 2 is 2.15 bits per heavy atom. The van der Waals surface area contributed by atoms with Crippen LogP contribution in [0.2, 0.25) is 0 Å². The highest BCUT2D eigenvalue weighted by Gasteiger charge is 2.08. The van der Waals surface area contributed by atoms with E-state index in [-0.39, 0.29) is 6.61 Å². The molecule has 2 aromatic rings. The summed E-state index contributed by atoms with van der Waals surface area (Å²) in [6, 6.07) is 3.69. The van der Waals surface area contributed by atoms with Crippen molar-refractivity contribution in [2.75, 3.05) is 0 Å². The maximum Gasteiger partial charge on any atom is 0.134 e. The predicted molar refractivity (Wildman–Crippen MR) is 62.1 cm³/mol. The molecule has 4 heteroatoms. The van der Waals surface area contributed by atoms with Crippen LogP contribution in [0.3, 0.4) is 0 Å². The Hall–Kier alpha value is -0.330. The largest absolute Gasteiger partial charge is 0.506 e. The number of aliphatic hydroxyl groups excluding tert-OH is 1. The third-order valence-corrected chi connectivity index (χ3v) is 4.51. The lowest BCUT2D eigenvalue weighted by Gasteiger charge is -2.01. The highest BCUT2D eigenvalue weighted by molar-refractivity contribution is 14.1. The van der Waals surface area contributed by atoms with Gasteiger partial charge in [0.2, 0.25) is 0 Å². The normalized spacial score (nSPS) is 10.9. The van der Waals surface area contributed by atoms with Crippen LogP contribution in [-0.4, -0.2) is 10.2 Å². The molecule has 68 valence electrons. The Bertz CT molecular complexity index is 450. The van der Waals surface area contributed by atoms with Crippen LogP contribution in [0.1, 0.15) is 5.56 Å². The van der Waals surface area contributed by atoms with E-state index in [4.69, 9.17) is 5.11 Å². The molecule has 0 bridgehead atoms. The quantitative estimate of drug-likeness (QED) is 0.795. The molecule has 0 aliphatic carbocycles. The zero-order chi connectivity index (χ0) is 9.42. The molecule has 0 saturated carbocycles. The molecular formula is C9H7IO2S. The van der Waals surface area contributed by atoms with E-state index >= 15 is 0 Å². The van der Waals surface area contributed by atoms with Gasteiger partial charge in [0.1, 0.15) is 5.75 Å². The number of fused-ring (bicyclic) bond motifs is 1. The van der Waals surface area contributed by atoms with Crippen molar-refractivity contribution in [3.63, 3.8) is 0 Å². The van der Waals surface area contributed by atoms with E-state index in [9.17, 15) is 5.11 Å². The van der Waals surface area contributed by atoms with Crippen molar-refractivity contribution in [1.82, 2.24) is 0 Å². The van der Waals surface area contributed by atoms with Crippen LogP contribution in [0.4, 0.5) is 0 Å². The standard InChI is InChI=1S/C9H7IO2S/c10-8-5(3-11)1-2-6-7(12)4-13-9(6)8/h1-2,4,11-12H,3H2. The van der Waals surface area contributed by atoms with Crippen LogP contribution < -0.4 is 0 Å². The Morgan fingerprint density at radius 1 is 1.38 bits per heavy atom. The first-order chi connectivity index (χ1) is 6.24. The van der Waals surface area contributed by atoms with Crippen molar-refractivity contribution >= 4 is 44.0 Å². The SMILES string of the molecule is OCc1ccc2c(O)csc2c1I. The summed E-state index contributed by atoms with van der Waals surface area (Å²) in [6.07, 6.45) is 0. The lowest BCUT2D eigenvalue weighted by Crippen LogP contribution is -1.86. The summed E-state index contributed by atoms with van der Waals surface area (Å²) in [4.78, 5) is 0. The molecule has 0 radical (unpaired) electrons. The van der Waals surface area contributed by atoms with Crippen molar-refractivity contribution in [3.05, 3.63) is 26.6 Å². The Morgan fingerprint density at radius 3 is 2.85 bits per heavy atom. The second-order valence-corrected chi connectivity index (χ2v) is 4.65. The van der Waals surface area contributed by atoms with Crippen LogP contribution in [0.5, 0.6) is 5.75 Å². The molecule has 0 atom stereocenters. The van der Waals surface area contributed by atoms with Gasteiger partial charge in [-0.15, -0.1) is 11.3 Å². The minimum atomic E-state index is 0.0485. The summed E-state index contributed by atoms with van der Waals surface area (Å²) in [5.74, 6) is 0.322. The number of aromatic hydroxyl groups is 1. The molecule has 0 fully saturated rings. The molecule has 2 nitrogen and oxygen atoms in total. The maximum absolute atomic E-state index is 9.44. The molecule has 0 saturated heterocycles. The van der Waals surface area contributed by atoms with Gasteiger partial charge in [0.05, 0.1) is 11.3 Å². The van der Waals surface area contributed by atoms with E-state index in [1.54, 1.807) is 5.38 Å². The highest BCUT2D eigenvalue weighted by Crippen LogP contribution is 2.35. The number of halogens is 1. The van der Waals surface area contributed by atoms with Crippen LogP contribution in [0.15, 0.2) is 17.5 Å². The second-order valence-electron chi connectivity index (χ2n) is 2.69. The Kier molecular flexibility index (Phi) is 2.44. The monoisotopic (exact) mass is 306 g/mol. The van der Waals surface area contributed by atoms with Crippen molar-refractivity contribution in [3.8, 4) is 5.75 Å². The van der Waals surface area contributed by atoms with Gasteiger partial charge in [0.25, 0.3) is 0 Å². The van der Waals surface area contributed by atoms with Gasteiger partial charge in [-0.3, -0.25) is 0 Å². The van der Waals surface area contributed by atoms with Gasteiger partial charge in [-0.1, -0.05) is 6.07 Å². The molecule has 1 heterocycles. The highest BCUT2D eigenvalue weighted by atomic mass is 127. The van der Waals surface area contributed by atoms with Gasteiger partial charge >= 0.3 is 0 Å². The summed E-state index contributed by atoms with van der Waals surface area (Å²) < 4.78 is 2.08. The number of rotatable bonds is 1. The van der Waals surface area contributed by atoms with Crippen molar-refractivity contribution in [2.24, 2.45) is 0 Å². The van der Waals surface area contributed by atoms with Crippen LogP contribution in [0.25, 0.3) is 10.1 Å². The van der Waals surface area contributed by atoms with Crippen molar-refractivity contribution < 1.29 is 10.2 Å². The van der Waals surface area contributed by atoms with Crippen molar-refractivity contribution in [1.29, 1.82) is 0 Å². The number of hydrogen-bond acceptors (Lipinski definition) is 3. The summed E-state index contributed by atoms with van der Waals surface area (Å²) in [6.45, 7) is 0.0485.